The minimum absolute atomic E-state index is 0.0403. The minimum atomic E-state index is -4.30. The van der Waals surface area contributed by atoms with Gasteiger partial charge in [0.05, 0.1) is 18.7 Å². The number of likely N-dealkylation sites (tertiary alicyclic amines) is 1. The van der Waals surface area contributed by atoms with Crippen molar-refractivity contribution >= 4 is 19.5 Å². The van der Waals surface area contributed by atoms with E-state index in [1.165, 1.54) is 24.5 Å². The van der Waals surface area contributed by atoms with Crippen LogP contribution < -0.4 is 9.05 Å². The van der Waals surface area contributed by atoms with Crippen LogP contribution in [0.25, 0.3) is 0 Å². The molecule has 1 aromatic heterocycles. The van der Waals surface area contributed by atoms with Crippen molar-refractivity contribution in [3.8, 4) is 17.2 Å². The standard InChI is InChI=1S/C37H35N4O7P/c42-30-18-17-29-23-35(38-49(45,47-31-9-3-1-4-10-31)48-32-11-5-2-6-12-32)40(26-33-19-20-36(46-33)41(43)44)37(34(29)24-30)28-15-13-27(14-16-28)25-39-21-7-8-22-39/h1-6,9-20,24,37,42H,7-8,21-23,25-26H2/b38-35-. The van der Waals surface area contributed by atoms with Gasteiger partial charge in [0.25, 0.3) is 0 Å². The van der Waals surface area contributed by atoms with Crippen molar-refractivity contribution in [3.05, 3.63) is 153 Å². The number of benzene rings is 4. The topological polar surface area (TPSA) is 131 Å². The van der Waals surface area contributed by atoms with Gasteiger partial charge in [-0.3, -0.25) is 15.0 Å². The Morgan fingerprint density at radius 3 is 2.12 bits per heavy atom. The molecule has 0 radical (unpaired) electrons. The van der Waals surface area contributed by atoms with E-state index in [1.807, 2.05) is 35.2 Å². The van der Waals surface area contributed by atoms with Crippen molar-refractivity contribution < 1.29 is 28.1 Å². The number of hydrogen-bond acceptors (Lipinski definition) is 8. The quantitative estimate of drug-likeness (QED) is 0.0833. The van der Waals surface area contributed by atoms with Crippen LogP contribution in [0.4, 0.5) is 5.88 Å². The van der Waals surface area contributed by atoms with Crippen molar-refractivity contribution in [2.75, 3.05) is 13.1 Å². The molecule has 49 heavy (non-hydrogen) atoms. The first kappa shape index (κ1) is 32.2. The van der Waals surface area contributed by atoms with Gasteiger partial charge >= 0.3 is 13.6 Å². The summed E-state index contributed by atoms with van der Waals surface area (Å²) in [5.41, 5.74) is 3.73. The van der Waals surface area contributed by atoms with Crippen molar-refractivity contribution in [1.29, 1.82) is 0 Å². The number of fused-ring (bicyclic) bond motifs is 1. The summed E-state index contributed by atoms with van der Waals surface area (Å²) in [6.45, 7) is 3.05. The normalized spacial score (nSPS) is 17.2. The molecule has 0 bridgehead atoms. The summed E-state index contributed by atoms with van der Waals surface area (Å²) in [5.74, 6) is 0.988. The molecule has 0 saturated carbocycles. The molecule has 1 atom stereocenters. The molecule has 0 spiro atoms. The fourth-order valence-electron chi connectivity index (χ4n) is 6.37. The van der Waals surface area contributed by atoms with E-state index in [0.29, 0.717) is 23.1 Å². The Balaban J connectivity index is 1.35. The van der Waals surface area contributed by atoms with E-state index in [0.717, 1.165) is 36.3 Å². The van der Waals surface area contributed by atoms with Crippen molar-refractivity contribution in [2.45, 2.75) is 38.4 Å². The Labute approximate surface area is 283 Å². The molecule has 2 aliphatic heterocycles. The largest absolute Gasteiger partial charge is 0.564 e. The van der Waals surface area contributed by atoms with E-state index >= 15 is 0 Å². The zero-order valence-corrected chi connectivity index (χ0v) is 27.5. The molecule has 1 fully saturated rings. The van der Waals surface area contributed by atoms with Crippen molar-refractivity contribution in [3.63, 3.8) is 0 Å². The van der Waals surface area contributed by atoms with Crippen LogP contribution in [0.15, 0.2) is 124 Å². The van der Waals surface area contributed by atoms with Crippen LogP contribution in [0.5, 0.6) is 17.2 Å². The summed E-state index contributed by atoms with van der Waals surface area (Å²) in [6.07, 6.45) is 2.62. The first-order valence-corrected chi connectivity index (χ1v) is 17.6. The van der Waals surface area contributed by atoms with Gasteiger partial charge in [-0.25, -0.2) is 4.57 Å². The van der Waals surface area contributed by atoms with E-state index in [4.69, 9.17) is 18.2 Å². The van der Waals surface area contributed by atoms with Crippen molar-refractivity contribution in [2.24, 2.45) is 4.76 Å². The molecule has 0 amide bonds. The van der Waals surface area contributed by atoms with Crippen LogP contribution in [0.3, 0.4) is 0 Å². The van der Waals surface area contributed by atoms with Crippen molar-refractivity contribution in [1.82, 2.24) is 9.80 Å². The lowest BCUT2D eigenvalue weighted by atomic mass is 9.87. The van der Waals surface area contributed by atoms with Crippen LogP contribution in [-0.4, -0.2) is 38.8 Å². The molecular weight excluding hydrogens is 643 g/mol. The maximum Gasteiger partial charge on any atom is 0.564 e. The number of amidine groups is 1. The summed E-state index contributed by atoms with van der Waals surface area (Å²) in [6, 6.07) is 33.1. The van der Waals surface area contributed by atoms with Gasteiger partial charge in [0.15, 0.2) is 0 Å². The molecule has 2 aliphatic rings. The fourth-order valence-corrected chi connectivity index (χ4v) is 7.74. The van der Waals surface area contributed by atoms with Gasteiger partial charge in [0.1, 0.15) is 33.8 Å². The number of rotatable bonds is 11. The smallest absolute Gasteiger partial charge is 0.508 e. The lowest BCUT2D eigenvalue weighted by Crippen LogP contribution is -2.40. The lowest BCUT2D eigenvalue weighted by Gasteiger charge is -2.40. The SMILES string of the molecule is O=[N+]([O-])c1ccc(CN2/C(=N\P(=O)(Oc3ccccc3)Oc3ccccc3)Cc3ccc(O)cc3C2c2ccc(CN3CCCC3)cc2)o1. The predicted octanol–water partition coefficient (Wildman–Crippen LogP) is 8.30. The average Bonchev–Trinajstić information content (AvgIpc) is 3.79. The summed E-state index contributed by atoms with van der Waals surface area (Å²) in [7, 11) is -4.30. The maximum atomic E-state index is 14.7. The molecule has 4 aromatic carbocycles. The molecule has 7 rings (SSSR count). The molecule has 12 heteroatoms. The zero-order valence-electron chi connectivity index (χ0n) is 26.6. The Morgan fingerprint density at radius 2 is 1.51 bits per heavy atom. The highest BCUT2D eigenvalue weighted by atomic mass is 31.2. The number of nitro groups is 1. The zero-order chi connectivity index (χ0) is 33.8. The molecule has 5 aromatic rings. The highest BCUT2D eigenvalue weighted by molar-refractivity contribution is 7.53. The summed E-state index contributed by atoms with van der Waals surface area (Å²) in [5, 5.41) is 22.2. The van der Waals surface area contributed by atoms with Gasteiger partial charge in [-0.1, -0.05) is 66.7 Å². The van der Waals surface area contributed by atoms with Gasteiger partial charge in [0.2, 0.25) is 0 Å². The summed E-state index contributed by atoms with van der Waals surface area (Å²) >= 11 is 0. The minimum Gasteiger partial charge on any atom is -0.508 e. The summed E-state index contributed by atoms with van der Waals surface area (Å²) in [4.78, 5) is 15.2. The number of hydrogen-bond donors (Lipinski definition) is 1. The molecule has 11 nitrogen and oxygen atoms in total. The molecule has 250 valence electrons. The molecule has 0 aliphatic carbocycles. The highest BCUT2D eigenvalue weighted by Crippen LogP contribution is 2.52. The lowest BCUT2D eigenvalue weighted by molar-refractivity contribution is -0.402. The van der Waals surface area contributed by atoms with Crippen LogP contribution in [0.1, 0.15) is 46.9 Å². The van der Waals surface area contributed by atoms with E-state index in [2.05, 4.69) is 17.0 Å². The van der Waals surface area contributed by atoms with Gasteiger partial charge in [-0.15, -0.1) is 4.76 Å². The average molecular weight is 679 g/mol. The number of aromatic hydroxyl groups is 1. The monoisotopic (exact) mass is 678 g/mol. The molecule has 1 N–H and O–H groups in total. The van der Waals surface area contributed by atoms with Crippen LogP contribution in [0, 0.1) is 10.1 Å². The number of phenols is 1. The van der Waals surface area contributed by atoms with E-state index in [9.17, 15) is 19.8 Å². The third kappa shape index (κ3) is 7.53. The van der Waals surface area contributed by atoms with E-state index in [-0.39, 0.29) is 18.7 Å². The first-order valence-electron chi connectivity index (χ1n) is 16.1. The van der Waals surface area contributed by atoms with Gasteiger partial charge in [0, 0.05) is 13.0 Å². The van der Waals surface area contributed by atoms with Crippen LogP contribution in [0.2, 0.25) is 0 Å². The first-order chi connectivity index (χ1) is 23.8. The number of nitrogens with zero attached hydrogens (tertiary/aromatic N) is 4. The molecule has 1 saturated heterocycles. The Hall–Kier alpha value is -5.38. The maximum absolute atomic E-state index is 14.7. The molecule has 3 heterocycles. The summed E-state index contributed by atoms with van der Waals surface area (Å²) < 4.78 is 37.2. The van der Waals surface area contributed by atoms with Gasteiger partial charge < -0.3 is 23.5 Å². The fraction of sp³-hybridized carbons (Fsp3) is 0.216. The Bertz CT molecular complexity index is 1950. The Morgan fingerprint density at radius 1 is 0.857 bits per heavy atom. The van der Waals surface area contributed by atoms with Crippen LogP contribution >= 0.6 is 7.75 Å². The van der Waals surface area contributed by atoms with E-state index in [1.54, 1.807) is 66.7 Å². The van der Waals surface area contributed by atoms with Crippen LogP contribution in [-0.2, 0) is 24.1 Å². The predicted molar refractivity (Wildman–Crippen MR) is 185 cm³/mol. The highest BCUT2D eigenvalue weighted by Gasteiger charge is 2.38. The third-order valence-corrected chi connectivity index (χ3v) is 9.99. The van der Waals surface area contributed by atoms with Gasteiger partial charge in [-0.05, 0) is 90.6 Å². The molecular formula is C37H35N4O7P. The Kier molecular flexibility index (Phi) is 9.19. The second-order valence-electron chi connectivity index (χ2n) is 12.1. The second-order valence-corrected chi connectivity index (χ2v) is 13.6. The number of phenolic OH excluding ortho intramolecular Hbond substituents is 1. The second kappa shape index (κ2) is 14.0. The van der Waals surface area contributed by atoms with E-state index < -0.39 is 24.6 Å². The van der Waals surface area contributed by atoms with Gasteiger partial charge in [-0.2, -0.15) is 0 Å². The number of furan rings is 1. The third-order valence-electron chi connectivity index (χ3n) is 8.64. The molecule has 1 unspecified atom stereocenters. The number of para-hydroxylation sites is 2.